The summed E-state index contributed by atoms with van der Waals surface area (Å²) in [6.07, 6.45) is -0.145. The molecule has 2 aromatic heterocycles. The van der Waals surface area contributed by atoms with Crippen molar-refractivity contribution < 1.29 is 61.6 Å². The van der Waals surface area contributed by atoms with Crippen LogP contribution in [0.3, 0.4) is 0 Å². The summed E-state index contributed by atoms with van der Waals surface area (Å²) < 4.78 is 3.30. The average Bonchev–Trinajstić information content (AvgIpc) is 3.23. The molecule has 4 heterocycles. The predicted molar refractivity (Wildman–Crippen MR) is 134 cm³/mol. The van der Waals surface area contributed by atoms with E-state index < -0.39 is 12.2 Å². The molecule has 0 aliphatic carbocycles. The van der Waals surface area contributed by atoms with E-state index in [1.54, 1.807) is 27.3 Å². The SMILES string of the molecule is CC(C)=NC1CCn2c(=O)[nH]c3cccc(c32)C1O.NC1CCn2c(=O)[n-]c3cccc(c32)C1O.[K+]. The van der Waals surface area contributed by atoms with Crippen LogP contribution in [0.15, 0.2) is 51.0 Å². The smallest absolute Gasteiger partial charge is 0.410 e. The molecule has 11 heteroatoms. The third-order valence-electron chi connectivity index (χ3n) is 6.75. The Labute approximate surface area is 249 Å². The van der Waals surface area contributed by atoms with Gasteiger partial charge in [-0.2, -0.15) is 0 Å². The molecule has 4 atom stereocenters. The van der Waals surface area contributed by atoms with Gasteiger partial charge in [-0.25, -0.2) is 4.79 Å². The van der Waals surface area contributed by atoms with Crippen molar-refractivity contribution in [3.63, 3.8) is 0 Å². The van der Waals surface area contributed by atoms with Crippen LogP contribution in [0, 0.1) is 0 Å². The first-order chi connectivity index (χ1) is 16.8. The summed E-state index contributed by atoms with van der Waals surface area (Å²) in [4.78, 5) is 34.8. The number of nitrogens with two attached hydrogens (primary N) is 1. The molecule has 0 radical (unpaired) electrons. The summed E-state index contributed by atoms with van der Waals surface area (Å²) in [5, 5.41) is 20.6. The van der Waals surface area contributed by atoms with Crippen LogP contribution in [0.2, 0.25) is 0 Å². The maximum Gasteiger partial charge on any atom is 1.00 e. The van der Waals surface area contributed by atoms with E-state index >= 15 is 0 Å². The minimum absolute atomic E-state index is 0. The number of nitrogens with zero attached hydrogens (tertiary/aromatic N) is 4. The van der Waals surface area contributed by atoms with Crippen LogP contribution < -0.4 is 73.5 Å². The molecule has 36 heavy (non-hydrogen) atoms. The van der Waals surface area contributed by atoms with Crippen LogP contribution in [0.4, 0.5) is 0 Å². The van der Waals surface area contributed by atoms with E-state index in [1.807, 2.05) is 32.0 Å². The number of imidazole rings is 2. The summed E-state index contributed by atoms with van der Waals surface area (Å²) in [5.74, 6) is 0. The van der Waals surface area contributed by atoms with Crippen molar-refractivity contribution in [2.24, 2.45) is 10.7 Å². The van der Waals surface area contributed by atoms with Gasteiger partial charge in [-0.05, 0) is 55.9 Å². The number of aliphatic hydroxyl groups excluding tert-OH is 2. The molecule has 6 rings (SSSR count). The zero-order valence-corrected chi connectivity index (χ0v) is 23.8. The van der Waals surface area contributed by atoms with E-state index in [0.717, 1.165) is 27.8 Å². The Morgan fingerprint density at radius 3 is 2.39 bits per heavy atom. The van der Waals surface area contributed by atoms with Crippen molar-refractivity contribution in [2.45, 2.75) is 64.1 Å². The van der Waals surface area contributed by atoms with Gasteiger partial charge in [0, 0.05) is 23.9 Å². The Kier molecular flexibility index (Phi) is 8.22. The van der Waals surface area contributed by atoms with Crippen molar-refractivity contribution >= 4 is 27.8 Å². The van der Waals surface area contributed by atoms with Crippen molar-refractivity contribution in [3.8, 4) is 0 Å². The second-order valence-electron chi connectivity index (χ2n) is 9.36. The minimum atomic E-state index is -0.721. The predicted octanol–water partition coefficient (Wildman–Crippen LogP) is -1.66. The number of aliphatic imine (C=N–C) groups is 1. The number of aliphatic hydroxyl groups is 2. The molecule has 2 aliphatic heterocycles. The standard InChI is InChI=1S/C14H17N3O2.C11H13N3O2.K/c1-8(2)15-11-6-7-17-12-9(13(11)18)4-3-5-10(12)16-14(17)19;12-7-4-5-14-9-6(10(7)15)2-1-3-8(9)13-11(14)16;/h3-5,11,13,18H,6-7H2,1-2H3,(H,16,19);1-3,7,10,15H,4-5,12H2,(H,13,16);/q;;+1/p-1. The number of para-hydroxylation sites is 2. The Hall–Kier alpha value is -1.83. The van der Waals surface area contributed by atoms with E-state index in [4.69, 9.17) is 5.73 Å². The van der Waals surface area contributed by atoms with Gasteiger partial charge < -0.3 is 30.5 Å². The molecule has 2 aliphatic rings. The number of aryl methyl sites for hydroxylation is 2. The zero-order chi connectivity index (χ0) is 24.9. The summed E-state index contributed by atoms with van der Waals surface area (Å²) in [5.41, 5.74) is 10.9. The molecule has 0 saturated heterocycles. The fraction of sp³-hybridized carbons (Fsp3) is 0.400. The van der Waals surface area contributed by atoms with Gasteiger partial charge in [0.2, 0.25) is 0 Å². The fourth-order valence-corrected chi connectivity index (χ4v) is 5.10. The van der Waals surface area contributed by atoms with E-state index in [-0.39, 0.29) is 74.8 Å². The normalized spacial score (nSPS) is 22.7. The van der Waals surface area contributed by atoms with Crippen LogP contribution >= 0.6 is 0 Å². The number of aromatic amines is 1. The van der Waals surface area contributed by atoms with Crippen LogP contribution in [0.25, 0.3) is 22.1 Å². The van der Waals surface area contributed by atoms with Crippen LogP contribution in [-0.2, 0) is 13.1 Å². The van der Waals surface area contributed by atoms with Crippen molar-refractivity contribution in [2.75, 3.05) is 0 Å². The zero-order valence-electron chi connectivity index (χ0n) is 20.7. The average molecular weight is 517 g/mol. The summed E-state index contributed by atoms with van der Waals surface area (Å²) in [7, 11) is 0. The van der Waals surface area contributed by atoms with Gasteiger partial charge >= 0.3 is 57.1 Å². The molecule has 4 aromatic rings. The molecule has 0 bridgehead atoms. The number of hydrogen-bond acceptors (Lipinski definition) is 6. The van der Waals surface area contributed by atoms with Gasteiger partial charge in [-0.15, -0.1) is 0 Å². The summed E-state index contributed by atoms with van der Waals surface area (Å²) in [6.45, 7) is 4.94. The number of hydrogen-bond donors (Lipinski definition) is 4. The second kappa shape index (κ2) is 10.9. The van der Waals surface area contributed by atoms with Crippen molar-refractivity contribution in [3.05, 3.63) is 68.5 Å². The largest absolute Gasteiger partial charge is 1.00 e. The van der Waals surface area contributed by atoms with E-state index in [0.29, 0.717) is 37.0 Å². The van der Waals surface area contributed by atoms with Crippen LogP contribution in [0.5, 0.6) is 0 Å². The molecule has 0 fully saturated rings. The molecule has 0 spiro atoms. The molecule has 5 N–H and O–H groups in total. The topological polar surface area (TPSA) is 153 Å². The first-order valence-electron chi connectivity index (χ1n) is 11.8. The number of nitrogens with one attached hydrogen (secondary N) is 1. The van der Waals surface area contributed by atoms with E-state index in [1.165, 1.54) is 0 Å². The molecule has 0 amide bonds. The van der Waals surface area contributed by atoms with Crippen LogP contribution in [-0.4, -0.2) is 42.1 Å². The van der Waals surface area contributed by atoms with Gasteiger partial charge in [0.05, 0.1) is 23.2 Å². The number of H-pyrrole nitrogens is 1. The number of rotatable bonds is 1. The number of aromatic nitrogens is 4. The van der Waals surface area contributed by atoms with Crippen LogP contribution in [0.1, 0.15) is 50.0 Å². The second-order valence-corrected chi connectivity index (χ2v) is 9.36. The first kappa shape index (κ1) is 27.2. The number of benzene rings is 2. The van der Waals surface area contributed by atoms with Crippen molar-refractivity contribution in [1.82, 2.24) is 19.1 Å². The monoisotopic (exact) mass is 516 g/mol. The summed E-state index contributed by atoms with van der Waals surface area (Å²) in [6, 6.07) is 10.4. The quantitative estimate of drug-likeness (QED) is 0.176. The van der Waals surface area contributed by atoms with Gasteiger partial charge in [-0.1, -0.05) is 30.3 Å². The van der Waals surface area contributed by atoms with Gasteiger partial charge in [0.1, 0.15) is 6.10 Å². The summed E-state index contributed by atoms with van der Waals surface area (Å²) >= 11 is 0. The maximum absolute atomic E-state index is 11.9. The molecule has 10 nitrogen and oxygen atoms in total. The molecule has 4 unspecified atom stereocenters. The van der Waals surface area contributed by atoms with Crippen molar-refractivity contribution in [1.29, 1.82) is 0 Å². The Morgan fingerprint density at radius 1 is 1.00 bits per heavy atom. The third-order valence-corrected chi connectivity index (χ3v) is 6.75. The molecule has 2 aromatic carbocycles. The molecule has 0 saturated carbocycles. The third kappa shape index (κ3) is 4.86. The molecular formula is C25H29KN6O4. The van der Waals surface area contributed by atoms with Gasteiger partial charge in [0.15, 0.2) is 5.69 Å². The van der Waals surface area contributed by atoms with Gasteiger partial charge in [0.25, 0.3) is 0 Å². The Bertz CT molecular complexity index is 1540. The van der Waals surface area contributed by atoms with Gasteiger partial charge in [-0.3, -0.25) is 14.4 Å². The molecule has 184 valence electrons. The fourth-order valence-electron chi connectivity index (χ4n) is 5.10. The van der Waals surface area contributed by atoms with E-state index in [9.17, 15) is 19.8 Å². The maximum atomic E-state index is 11.9. The Balaban J connectivity index is 0.000000167. The minimum Gasteiger partial charge on any atom is -0.410 e. The van der Waals surface area contributed by atoms with E-state index in [2.05, 4.69) is 15.0 Å². The first-order valence-corrected chi connectivity index (χ1v) is 11.8. The Morgan fingerprint density at radius 2 is 1.67 bits per heavy atom. The molecular weight excluding hydrogens is 487 g/mol.